The van der Waals surface area contributed by atoms with Crippen LogP contribution in [-0.2, 0) is 6.42 Å². The van der Waals surface area contributed by atoms with Crippen LogP contribution in [0.2, 0.25) is 0 Å². The Hall–Kier alpha value is -1.16. The number of nitrogens with zero attached hydrogens (tertiary/aromatic N) is 2. The van der Waals surface area contributed by atoms with Crippen LogP contribution in [0.3, 0.4) is 0 Å². The van der Waals surface area contributed by atoms with Gasteiger partial charge in [-0.3, -0.25) is 0 Å². The first-order valence-electron chi connectivity index (χ1n) is 4.02. The zero-order valence-electron chi connectivity index (χ0n) is 7.25. The number of hydrogen-bond donors (Lipinski definition) is 2. The van der Waals surface area contributed by atoms with Gasteiger partial charge in [0, 0.05) is 11.9 Å². The number of nitrogens with two attached hydrogens (primary N) is 2. The highest BCUT2D eigenvalue weighted by Gasteiger charge is 1.99. The fourth-order valence-corrected chi connectivity index (χ4v) is 1.05. The standard InChI is InChI=1S/C8H14N4/c1-6-7(3-2-4-9)5-11-8(10)12-6/h5H,2-4,9H2,1H3,(H2,10,11,12). The Kier molecular flexibility index (Phi) is 2.99. The zero-order chi connectivity index (χ0) is 8.97. The number of aromatic nitrogens is 2. The van der Waals surface area contributed by atoms with E-state index in [2.05, 4.69) is 9.97 Å². The van der Waals surface area contributed by atoms with E-state index in [1.807, 2.05) is 6.92 Å². The Morgan fingerprint density at radius 2 is 2.25 bits per heavy atom. The van der Waals surface area contributed by atoms with Crippen molar-refractivity contribution in [3.8, 4) is 0 Å². The molecule has 0 fully saturated rings. The molecule has 0 unspecified atom stereocenters. The van der Waals surface area contributed by atoms with E-state index in [9.17, 15) is 0 Å². The van der Waals surface area contributed by atoms with Crippen molar-refractivity contribution in [2.75, 3.05) is 12.3 Å². The highest BCUT2D eigenvalue weighted by Crippen LogP contribution is 2.06. The molecule has 1 aromatic rings. The Bertz CT molecular complexity index is 259. The van der Waals surface area contributed by atoms with Gasteiger partial charge in [-0.05, 0) is 31.9 Å². The second kappa shape index (κ2) is 4.01. The third-order valence-electron chi connectivity index (χ3n) is 1.75. The van der Waals surface area contributed by atoms with Crippen molar-refractivity contribution in [3.05, 3.63) is 17.5 Å². The summed E-state index contributed by atoms with van der Waals surface area (Å²) in [6.45, 7) is 2.63. The van der Waals surface area contributed by atoms with Gasteiger partial charge in [0.2, 0.25) is 5.95 Å². The molecule has 1 heterocycles. The van der Waals surface area contributed by atoms with E-state index in [0.29, 0.717) is 12.5 Å². The van der Waals surface area contributed by atoms with E-state index in [0.717, 1.165) is 24.1 Å². The molecule has 4 heteroatoms. The molecule has 0 amide bonds. The van der Waals surface area contributed by atoms with Crippen molar-refractivity contribution in [2.24, 2.45) is 5.73 Å². The molecule has 0 aliphatic heterocycles. The van der Waals surface area contributed by atoms with Gasteiger partial charge in [-0.15, -0.1) is 0 Å². The first-order valence-corrected chi connectivity index (χ1v) is 4.02. The van der Waals surface area contributed by atoms with Crippen molar-refractivity contribution in [1.29, 1.82) is 0 Å². The van der Waals surface area contributed by atoms with Crippen molar-refractivity contribution in [3.63, 3.8) is 0 Å². The summed E-state index contributed by atoms with van der Waals surface area (Å²) >= 11 is 0. The van der Waals surface area contributed by atoms with Gasteiger partial charge in [0.05, 0.1) is 0 Å². The predicted octanol–water partition coefficient (Wildman–Crippen LogP) is 0.259. The van der Waals surface area contributed by atoms with Crippen molar-refractivity contribution in [2.45, 2.75) is 19.8 Å². The number of anilines is 1. The Morgan fingerprint density at radius 1 is 1.50 bits per heavy atom. The SMILES string of the molecule is Cc1nc(N)ncc1CCCN. The van der Waals surface area contributed by atoms with Gasteiger partial charge in [-0.25, -0.2) is 9.97 Å². The maximum absolute atomic E-state index is 5.41. The summed E-state index contributed by atoms with van der Waals surface area (Å²) in [5.74, 6) is 0.337. The molecule has 0 saturated carbocycles. The maximum Gasteiger partial charge on any atom is 0.220 e. The molecule has 12 heavy (non-hydrogen) atoms. The molecular formula is C8H14N4. The molecule has 1 rings (SSSR count). The van der Waals surface area contributed by atoms with Crippen LogP contribution in [0, 0.1) is 6.92 Å². The summed E-state index contributed by atoms with van der Waals surface area (Å²) in [5.41, 5.74) is 12.9. The molecule has 4 N–H and O–H groups in total. The average molecular weight is 166 g/mol. The van der Waals surface area contributed by atoms with Crippen LogP contribution in [0.25, 0.3) is 0 Å². The number of hydrogen-bond acceptors (Lipinski definition) is 4. The highest BCUT2D eigenvalue weighted by molar-refractivity contribution is 5.24. The van der Waals surface area contributed by atoms with Crippen molar-refractivity contribution in [1.82, 2.24) is 9.97 Å². The third-order valence-corrected chi connectivity index (χ3v) is 1.75. The normalized spacial score (nSPS) is 10.2. The van der Waals surface area contributed by atoms with Crippen molar-refractivity contribution < 1.29 is 0 Å². The molecule has 66 valence electrons. The lowest BCUT2D eigenvalue weighted by atomic mass is 10.1. The number of aryl methyl sites for hydroxylation is 2. The van der Waals surface area contributed by atoms with Crippen LogP contribution >= 0.6 is 0 Å². The molecule has 4 nitrogen and oxygen atoms in total. The van der Waals surface area contributed by atoms with E-state index < -0.39 is 0 Å². The number of nitrogen functional groups attached to an aromatic ring is 1. The summed E-state index contributed by atoms with van der Waals surface area (Å²) in [7, 11) is 0. The third kappa shape index (κ3) is 2.17. The van der Waals surface area contributed by atoms with Crippen LogP contribution < -0.4 is 11.5 Å². The lowest BCUT2D eigenvalue weighted by molar-refractivity contribution is 0.816. The smallest absolute Gasteiger partial charge is 0.220 e. The molecule has 0 aromatic carbocycles. The molecule has 0 radical (unpaired) electrons. The van der Waals surface area contributed by atoms with Gasteiger partial charge < -0.3 is 11.5 Å². The first-order chi connectivity index (χ1) is 5.74. The van der Waals surface area contributed by atoms with Gasteiger partial charge in [0.15, 0.2) is 0 Å². The Balaban J connectivity index is 2.72. The monoisotopic (exact) mass is 166 g/mol. The molecular weight excluding hydrogens is 152 g/mol. The summed E-state index contributed by atoms with van der Waals surface area (Å²) in [6.07, 6.45) is 3.67. The minimum Gasteiger partial charge on any atom is -0.368 e. The van der Waals surface area contributed by atoms with Crippen molar-refractivity contribution >= 4 is 5.95 Å². The fraction of sp³-hybridized carbons (Fsp3) is 0.500. The fourth-order valence-electron chi connectivity index (χ4n) is 1.05. The van der Waals surface area contributed by atoms with Crippen LogP contribution in [0.15, 0.2) is 6.20 Å². The molecule has 0 aliphatic rings. The van der Waals surface area contributed by atoms with Gasteiger partial charge in [-0.1, -0.05) is 0 Å². The second-order valence-corrected chi connectivity index (χ2v) is 2.73. The lowest BCUT2D eigenvalue weighted by Crippen LogP contribution is -2.04. The van der Waals surface area contributed by atoms with Crippen LogP contribution in [-0.4, -0.2) is 16.5 Å². The maximum atomic E-state index is 5.41. The van der Waals surface area contributed by atoms with E-state index in [1.165, 1.54) is 0 Å². The Labute approximate surface area is 72.0 Å². The second-order valence-electron chi connectivity index (χ2n) is 2.73. The summed E-state index contributed by atoms with van der Waals surface area (Å²) in [4.78, 5) is 7.97. The van der Waals surface area contributed by atoms with Gasteiger partial charge in [0.25, 0.3) is 0 Å². The van der Waals surface area contributed by atoms with Gasteiger partial charge in [-0.2, -0.15) is 0 Å². The van der Waals surface area contributed by atoms with Crippen LogP contribution in [0.5, 0.6) is 0 Å². The van der Waals surface area contributed by atoms with E-state index in [-0.39, 0.29) is 0 Å². The van der Waals surface area contributed by atoms with Crippen LogP contribution in [0.4, 0.5) is 5.95 Å². The minimum absolute atomic E-state index is 0.337. The summed E-state index contributed by atoms with van der Waals surface area (Å²) < 4.78 is 0. The molecule has 0 atom stereocenters. The van der Waals surface area contributed by atoms with E-state index >= 15 is 0 Å². The zero-order valence-corrected chi connectivity index (χ0v) is 7.25. The van der Waals surface area contributed by atoms with Gasteiger partial charge >= 0.3 is 0 Å². The molecule has 0 bridgehead atoms. The highest BCUT2D eigenvalue weighted by atomic mass is 15.0. The van der Waals surface area contributed by atoms with E-state index in [4.69, 9.17) is 11.5 Å². The topological polar surface area (TPSA) is 77.8 Å². The Morgan fingerprint density at radius 3 is 2.83 bits per heavy atom. The predicted molar refractivity (Wildman–Crippen MR) is 48.6 cm³/mol. The first kappa shape index (κ1) is 8.93. The van der Waals surface area contributed by atoms with Gasteiger partial charge in [0.1, 0.15) is 0 Å². The summed E-state index contributed by atoms with van der Waals surface area (Å²) in [6, 6.07) is 0. The summed E-state index contributed by atoms with van der Waals surface area (Å²) in [5, 5.41) is 0. The largest absolute Gasteiger partial charge is 0.368 e. The molecule has 0 saturated heterocycles. The lowest BCUT2D eigenvalue weighted by Gasteiger charge is -2.03. The average Bonchev–Trinajstić information content (AvgIpc) is 2.03. The quantitative estimate of drug-likeness (QED) is 0.675. The molecule has 1 aromatic heterocycles. The minimum atomic E-state index is 0.337. The van der Waals surface area contributed by atoms with E-state index in [1.54, 1.807) is 6.20 Å². The number of rotatable bonds is 3. The molecule has 0 aliphatic carbocycles. The molecule has 0 spiro atoms. The van der Waals surface area contributed by atoms with Crippen LogP contribution in [0.1, 0.15) is 17.7 Å².